The number of aliphatic hydroxyl groups excluding tert-OH is 1. The number of aliphatic carboxylic acids is 1. The van der Waals surface area contributed by atoms with Gasteiger partial charge in [-0.25, -0.2) is 4.79 Å². The second-order valence-electron chi connectivity index (χ2n) is 7.47. The third-order valence-electron chi connectivity index (χ3n) is 4.90. The number of carboxylic acid groups (broad SMARTS) is 1. The molecule has 0 aromatic carbocycles. The Morgan fingerprint density at radius 1 is 1.48 bits per heavy atom. The monoisotopic (exact) mass is 380 g/mol. The molecule has 0 radical (unpaired) electrons. The van der Waals surface area contributed by atoms with Crippen molar-refractivity contribution in [1.29, 1.82) is 0 Å². The molecule has 0 heterocycles. The van der Waals surface area contributed by atoms with Crippen LogP contribution in [0.4, 0.5) is 0 Å². The molecule has 0 aromatic rings. The lowest BCUT2D eigenvalue weighted by atomic mass is 9.83. The van der Waals surface area contributed by atoms with E-state index in [9.17, 15) is 19.8 Å². The normalized spacial score (nSPS) is 22.7. The number of unbranched alkanes of at least 4 members (excludes halogenated alkanes) is 1. The molecule has 0 aromatic heterocycles. The topological polar surface area (TPSA) is 104 Å². The third kappa shape index (κ3) is 7.10. The van der Waals surface area contributed by atoms with E-state index in [1.807, 2.05) is 6.92 Å². The molecular weight excluding hydrogens is 348 g/mol. The molecule has 3 N–H and O–H groups in total. The minimum absolute atomic E-state index is 0.0257. The largest absolute Gasteiger partial charge is 0.479 e. The predicted octanol–water partition coefficient (Wildman–Crippen LogP) is 2.47. The molecule has 1 saturated carbocycles. The van der Waals surface area contributed by atoms with Crippen LogP contribution in [0.15, 0.2) is 12.2 Å². The van der Waals surface area contributed by atoms with Gasteiger partial charge in [-0.05, 0) is 45.6 Å². The van der Waals surface area contributed by atoms with Gasteiger partial charge in [-0.1, -0.05) is 37.7 Å². The van der Waals surface area contributed by atoms with E-state index in [4.69, 9.17) is 9.84 Å². The van der Waals surface area contributed by atoms with Crippen LogP contribution < -0.4 is 0 Å². The van der Waals surface area contributed by atoms with Gasteiger partial charge in [0.2, 0.25) is 0 Å². The highest BCUT2D eigenvalue weighted by Gasteiger charge is 2.45. The zero-order valence-corrected chi connectivity index (χ0v) is 16.5. The molecule has 0 amide bonds. The quantitative estimate of drug-likeness (QED) is 0.397. The van der Waals surface area contributed by atoms with Crippen LogP contribution in [-0.2, 0) is 14.3 Å². The molecule has 0 aliphatic heterocycles. The molecule has 6 nitrogen and oxygen atoms in total. The van der Waals surface area contributed by atoms with E-state index >= 15 is 0 Å². The van der Waals surface area contributed by atoms with Crippen molar-refractivity contribution < 1.29 is 29.6 Å². The first-order valence-electron chi connectivity index (χ1n) is 9.61. The predicted molar refractivity (Wildman–Crippen MR) is 102 cm³/mol. The van der Waals surface area contributed by atoms with Crippen molar-refractivity contribution in [1.82, 2.24) is 0 Å². The van der Waals surface area contributed by atoms with Gasteiger partial charge in [0.15, 0.2) is 11.7 Å². The molecule has 0 bridgehead atoms. The molecule has 0 spiro atoms. The Labute approximate surface area is 161 Å². The number of hydrogen-bond donors (Lipinski definition) is 3. The van der Waals surface area contributed by atoms with Gasteiger partial charge >= 0.3 is 5.97 Å². The van der Waals surface area contributed by atoms with Crippen molar-refractivity contribution in [3.8, 4) is 11.8 Å². The van der Waals surface area contributed by atoms with Crippen LogP contribution in [0, 0.1) is 17.8 Å². The summed E-state index contributed by atoms with van der Waals surface area (Å²) in [4.78, 5) is 23.7. The van der Waals surface area contributed by atoms with E-state index in [0.717, 1.165) is 12.8 Å². The number of ether oxygens (including phenoxy) is 1. The van der Waals surface area contributed by atoms with Crippen LogP contribution in [0.5, 0.6) is 0 Å². The lowest BCUT2D eigenvalue weighted by Gasteiger charge is -2.33. The molecule has 1 fully saturated rings. The molecule has 1 aliphatic carbocycles. The first-order chi connectivity index (χ1) is 12.7. The van der Waals surface area contributed by atoms with Crippen molar-refractivity contribution in [3.05, 3.63) is 12.2 Å². The summed E-state index contributed by atoms with van der Waals surface area (Å²) < 4.78 is 5.78. The van der Waals surface area contributed by atoms with Crippen LogP contribution in [0.2, 0.25) is 0 Å². The smallest absolute Gasteiger partial charge is 0.332 e. The maximum absolute atomic E-state index is 12.4. The van der Waals surface area contributed by atoms with Crippen LogP contribution in [0.3, 0.4) is 0 Å². The number of hydrogen-bond acceptors (Lipinski definition) is 5. The molecule has 1 aliphatic rings. The first-order valence-corrected chi connectivity index (χ1v) is 9.61. The Kier molecular flexibility index (Phi) is 9.17. The van der Waals surface area contributed by atoms with E-state index in [0.29, 0.717) is 32.1 Å². The van der Waals surface area contributed by atoms with Crippen molar-refractivity contribution >= 4 is 11.8 Å². The average Bonchev–Trinajstić information content (AvgIpc) is 3.04. The highest BCUT2D eigenvalue weighted by atomic mass is 16.5. The Bertz CT molecular complexity index is 598. The number of carboxylic acids is 1. The van der Waals surface area contributed by atoms with E-state index in [2.05, 4.69) is 11.8 Å². The van der Waals surface area contributed by atoms with Crippen molar-refractivity contribution in [2.75, 3.05) is 6.61 Å². The number of rotatable bonds is 10. The Hall–Kier alpha value is -1.68. The Balaban J connectivity index is 3.18. The molecular formula is C21H32O6. The molecule has 1 rings (SSSR count). The molecule has 0 saturated heterocycles. The van der Waals surface area contributed by atoms with Gasteiger partial charge < -0.3 is 20.1 Å². The summed E-state index contributed by atoms with van der Waals surface area (Å²) in [5.41, 5.74) is -2.32. The number of Topliss-reactive ketones (excluding diaryl/α,β-unsaturated/α-hetero) is 1. The summed E-state index contributed by atoms with van der Waals surface area (Å²) in [5, 5.41) is 28.9. The van der Waals surface area contributed by atoms with E-state index in [1.54, 1.807) is 19.1 Å². The SMILES string of the molecule is CCCCC(C)(O)C/C=C/C(C#CCO)(O[C@@H](C)C(=O)O)[C@H]1CCCC1=O. The van der Waals surface area contributed by atoms with E-state index in [-0.39, 0.29) is 5.78 Å². The summed E-state index contributed by atoms with van der Waals surface area (Å²) in [7, 11) is 0. The zero-order valence-electron chi connectivity index (χ0n) is 16.5. The van der Waals surface area contributed by atoms with Gasteiger partial charge in [0.1, 0.15) is 12.4 Å². The van der Waals surface area contributed by atoms with Gasteiger partial charge in [0, 0.05) is 6.42 Å². The maximum atomic E-state index is 12.4. The zero-order chi connectivity index (χ0) is 20.5. The minimum atomic E-state index is -1.42. The summed E-state index contributed by atoms with van der Waals surface area (Å²) >= 11 is 0. The lowest BCUT2D eigenvalue weighted by Crippen LogP contribution is -2.44. The fourth-order valence-electron chi connectivity index (χ4n) is 3.33. The highest BCUT2D eigenvalue weighted by Crippen LogP contribution is 2.36. The van der Waals surface area contributed by atoms with Crippen LogP contribution in [-0.4, -0.2) is 51.0 Å². The second kappa shape index (κ2) is 10.6. The van der Waals surface area contributed by atoms with Crippen LogP contribution in [0.25, 0.3) is 0 Å². The Morgan fingerprint density at radius 2 is 2.19 bits per heavy atom. The van der Waals surface area contributed by atoms with Crippen molar-refractivity contribution in [2.24, 2.45) is 5.92 Å². The molecule has 2 unspecified atom stereocenters. The highest BCUT2D eigenvalue weighted by molar-refractivity contribution is 5.85. The second-order valence-corrected chi connectivity index (χ2v) is 7.47. The summed E-state index contributed by atoms with van der Waals surface area (Å²) in [5.74, 6) is 3.56. The van der Waals surface area contributed by atoms with Crippen LogP contribution >= 0.6 is 0 Å². The van der Waals surface area contributed by atoms with E-state index < -0.39 is 35.8 Å². The maximum Gasteiger partial charge on any atom is 0.332 e. The number of ketones is 1. The van der Waals surface area contributed by atoms with Gasteiger partial charge in [-0.15, -0.1) is 0 Å². The summed E-state index contributed by atoms with van der Waals surface area (Å²) in [6.45, 7) is 4.77. The fourth-order valence-corrected chi connectivity index (χ4v) is 3.33. The number of carbonyl (C=O) groups is 2. The van der Waals surface area contributed by atoms with Crippen molar-refractivity contribution in [2.45, 2.75) is 83.0 Å². The molecule has 152 valence electrons. The minimum Gasteiger partial charge on any atom is -0.479 e. The lowest BCUT2D eigenvalue weighted by molar-refractivity contribution is -0.159. The first kappa shape index (κ1) is 23.4. The van der Waals surface area contributed by atoms with Crippen molar-refractivity contribution in [3.63, 3.8) is 0 Å². The number of aliphatic hydroxyl groups is 2. The van der Waals surface area contributed by atoms with Gasteiger partial charge in [-0.3, -0.25) is 4.79 Å². The molecule has 27 heavy (non-hydrogen) atoms. The number of carbonyl (C=O) groups excluding carboxylic acids is 1. The third-order valence-corrected chi connectivity index (χ3v) is 4.90. The average molecular weight is 380 g/mol. The molecule has 4 atom stereocenters. The Morgan fingerprint density at radius 3 is 2.70 bits per heavy atom. The standard InChI is InChI=1S/C21H32O6/c1-4-5-11-20(3,26)12-7-13-21(14-8-15-22,27-16(2)19(24)25)17-9-6-10-18(17)23/h7,13,16-17,22,26H,4-6,9-12,15H2,1-3H3,(H,24,25)/b13-7+/t16-,17-,20?,21?/m0/s1. The fraction of sp³-hybridized carbons (Fsp3) is 0.714. The van der Waals surface area contributed by atoms with Crippen LogP contribution in [0.1, 0.15) is 65.7 Å². The van der Waals surface area contributed by atoms with Gasteiger partial charge in [0.05, 0.1) is 11.5 Å². The van der Waals surface area contributed by atoms with Gasteiger partial charge in [0.25, 0.3) is 0 Å². The van der Waals surface area contributed by atoms with E-state index in [1.165, 1.54) is 6.92 Å². The van der Waals surface area contributed by atoms with Gasteiger partial charge in [-0.2, -0.15) is 0 Å². The molecule has 6 heteroatoms. The summed E-state index contributed by atoms with van der Waals surface area (Å²) in [6.07, 6.45) is 6.62. The summed E-state index contributed by atoms with van der Waals surface area (Å²) in [6, 6.07) is 0.